The lowest BCUT2D eigenvalue weighted by Gasteiger charge is -2.50. The number of hydrogen-bond donors (Lipinski definition) is 3. The number of alkyl halides is 3. The average Bonchev–Trinajstić information content (AvgIpc) is 2.75. The number of hydrogen-bond acceptors (Lipinski definition) is 3. The second kappa shape index (κ2) is 9.60. The van der Waals surface area contributed by atoms with Crippen LogP contribution in [0.4, 0.5) is 30.7 Å². The minimum atomic E-state index is -4.96. The summed E-state index contributed by atoms with van der Waals surface area (Å²) in [5.41, 5.74) is 14.5. The summed E-state index contributed by atoms with van der Waals surface area (Å²) in [5.74, 6) is -3.96. The molecule has 0 aliphatic heterocycles. The van der Waals surface area contributed by atoms with Crippen LogP contribution >= 0.6 is 0 Å². The Bertz CT molecular complexity index is 1210. The van der Waals surface area contributed by atoms with Gasteiger partial charge in [0.2, 0.25) is 0 Å². The maximum atomic E-state index is 14.7. The molecule has 3 unspecified atom stereocenters. The van der Waals surface area contributed by atoms with Crippen molar-refractivity contribution < 1.29 is 30.7 Å². The number of rotatable bonds is 7. The van der Waals surface area contributed by atoms with Gasteiger partial charge in [-0.25, -0.2) is 17.6 Å². The zero-order valence-corrected chi connectivity index (χ0v) is 18.6. The van der Waals surface area contributed by atoms with Crippen LogP contribution in [0.1, 0.15) is 29.2 Å². The van der Waals surface area contributed by atoms with Gasteiger partial charge in [0.15, 0.2) is 0 Å². The molecule has 0 spiro atoms. The van der Waals surface area contributed by atoms with Crippen molar-refractivity contribution in [2.75, 3.05) is 6.54 Å². The van der Waals surface area contributed by atoms with Crippen molar-refractivity contribution >= 4 is 0 Å². The molecule has 0 saturated carbocycles. The summed E-state index contributed by atoms with van der Waals surface area (Å²) in [4.78, 5) is 0. The first kappa shape index (κ1) is 26.7. The molecule has 0 heterocycles. The van der Waals surface area contributed by atoms with Crippen molar-refractivity contribution in [3.8, 4) is 0 Å². The predicted molar refractivity (Wildman–Crippen MR) is 118 cm³/mol. The van der Waals surface area contributed by atoms with E-state index >= 15 is 0 Å². The molecule has 10 heteroatoms. The van der Waals surface area contributed by atoms with E-state index in [4.69, 9.17) is 17.2 Å². The Labute approximate surface area is 197 Å². The summed E-state index contributed by atoms with van der Waals surface area (Å²) in [5, 5.41) is 0. The Morgan fingerprint density at radius 1 is 0.800 bits per heavy atom. The molecule has 35 heavy (non-hydrogen) atoms. The molecule has 0 bridgehead atoms. The standard InChI is InChI=1S/C25H24F7N3/c1-23(35,15-3-2-4-17(26)10-15)24(13-33,16-6-8-19(21(29)11-16)25(30,31)32)22(34)9-14-5-7-18(27)12-20(14)28/h2-8,10-12,22H,9,13,33-35H2,1H3. The molecule has 0 amide bonds. The van der Waals surface area contributed by atoms with Crippen LogP contribution < -0.4 is 17.2 Å². The fraction of sp³-hybridized carbons (Fsp3) is 0.280. The number of halogens is 7. The van der Waals surface area contributed by atoms with Crippen LogP contribution in [-0.2, 0) is 23.6 Å². The summed E-state index contributed by atoms with van der Waals surface area (Å²) in [6, 6.07) is 8.91. The monoisotopic (exact) mass is 499 g/mol. The molecule has 0 aliphatic rings. The van der Waals surface area contributed by atoms with E-state index in [1.54, 1.807) is 0 Å². The van der Waals surface area contributed by atoms with Gasteiger partial charge in [-0.1, -0.05) is 24.3 Å². The summed E-state index contributed by atoms with van der Waals surface area (Å²) in [6.45, 7) is 1.01. The lowest BCUT2D eigenvalue weighted by atomic mass is 9.58. The third kappa shape index (κ3) is 4.91. The zero-order chi connectivity index (χ0) is 26.2. The van der Waals surface area contributed by atoms with E-state index in [0.29, 0.717) is 18.2 Å². The summed E-state index contributed by atoms with van der Waals surface area (Å²) in [6.07, 6.45) is -5.24. The highest BCUT2D eigenvalue weighted by Gasteiger charge is 2.52. The minimum absolute atomic E-state index is 0.0147. The van der Waals surface area contributed by atoms with E-state index in [1.807, 2.05) is 0 Å². The molecular weight excluding hydrogens is 475 g/mol. The molecule has 0 aromatic heterocycles. The highest BCUT2D eigenvalue weighted by Crippen LogP contribution is 2.45. The Hall–Kier alpha value is -2.95. The van der Waals surface area contributed by atoms with Gasteiger partial charge in [0, 0.05) is 24.1 Å². The van der Waals surface area contributed by atoms with Crippen LogP contribution in [0, 0.1) is 23.3 Å². The summed E-state index contributed by atoms with van der Waals surface area (Å²) < 4.78 is 96.2. The quantitative estimate of drug-likeness (QED) is 0.405. The fourth-order valence-electron chi connectivity index (χ4n) is 4.57. The first-order valence-electron chi connectivity index (χ1n) is 10.6. The molecule has 3 rings (SSSR count). The van der Waals surface area contributed by atoms with Gasteiger partial charge >= 0.3 is 6.18 Å². The molecule has 0 radical (unpaired) electrons. The third-order valence-corrected chi connectivity index (χ3v) is 6.55. The van der Waals surface area contributed by atoms with Gasteiger partial charge in [0.25, 0.3) is 0 Å². The number of nitrogens with two attached hydrogens (primary N) is 3. The highest BCUT2D eigenvalue weighted by atomic mass is 19.4. The second-order valence-electron chi connectivity index (χ2n) is 8.63. The molecule has 0 fully saturated rings. The zero-order valence-electron chi connectivity index (χ0n) is 18.6. The van der Waals surface area contributed by atoms with Gasteiger partial charge < -0.3 is 17.2 Å². The van der Waals surface area contributed by atoms with Crippen LogP contribution in [-0.4, -0.2) is 12.6 Å². The van der Waals surface area contributed by atoms with Crippen LogP contribution in [0.2, 0.25) is 0 Å². The Morgan fingerprint density at radius 2 is 1.46 bits per heavy atom. The van der Waals surface area contributed by atoms with E-state index < -0.39 is 58.5 Å². The van der Waals surface area contributed by atoms with Crippen molar-refractivity contribution in [1.82, 2.24) is 0 Å². The SMILES string of the molecule is CC(N)(c1cccc(F)c1)C(CN)(c1ccc(C(F)(F)F)c(F)c1)C(N)Cc1ccc(F)cc1F. The van der Waals surface area contributed by atoms with Gasteiger partial charge in [-0.05, 0) is 60.4 Å². The first-order chi connectivity index (χ1) is 16.2. The number of benzene rings is 3. The summed E-state index contributed by atoms with van der Waals surface area (Å²) in [7, 11) is 0. The van der Waals surface area contributed by atoms with Gasteiger partial charge in [-0.2, -0.15) is 13.2 Å². The van der Waals surface area contributed by atoms with E-state index in [1.165, 1.54) is 19.1 Å². The van der Waals surface area contributed by atoms with Crippen molar-refractivity contribution in [2.45, 2.75) is 36.5 Å². The highest BCUT2D eigenvalue weighted by molar-refractivity contribution is 5.43. The maximum Gasteiger partial charge on any atom is 0.419 e. The molecule has 188 valence electrons. The van der Waals surface area contributed by atoms with E-state index in [0.717, 1.165) is 30.3 Å². The molecule has 0 aliphatic carbocycles. The predicted octanol–water partition coefficient (Wildman–Crippen LogP) is 4.90. The van der Waals surface area contributed by atoms with Gasteiger partial charge in [-0.3, -0.25) is 0 Å². The molecule has 0 saturated heterocycles. The van der Waals surface area contributed by atoms with Gasteiger partial charge in [-0.15, -0.1) is 0 Å². The van der Waals surface area contributed by atoms with E-state index in [9.17, 15) is 30.7 Å². The van der Waals surface area contributed by atoms with Gasteiger partial charge in [0.05, 0.1) is 11.1 Å². The smallest absolute Gasteiger partial charge is 0.329 e. The Morgan fingerprint density at radius 3 is 2.00 bits per heavy atom. The molecule has 3 aromatic carbocycles. The first-order valence-corrected chi connectivity index (χ1v) is 10.6. The van der Waals surface area contributed by atoms with Crippen LogP contribution in [0.25, 0.3) is 0 Å². The van der Waals surface area contributed by atoms with Crippen LogP contribution in [0.5, 0.6) is 0 Å². The normalized spacial score (nSPS) is 16.4. The Balaban J connectivity index is 2.25. The largest absolute Gasteiger partial charge is 0.419 e. The van der Waals surface area contributed by atoms with Crippen molar-refractivity contribution in [3.63, 3.8) is 0 Å². The van der Waals surface area contributed by atoms with Crippen molar-refractivity contribution in [1.29, 1.82) is 0 Å². The maximum absolute atomic E-state index is 14.7. The fourth-order valence-corrected chi connectivity index (χ4v) is 4.57. The second-order valence-corrected chi connectivity index (χ2v) is 8.63. The van der Waals surface area contributed by atoms with E-state index in [2.05, 4.69) is 0 Å². The van der Waals surface area contributed by atoms with Crippen molar-refractivity contribution in [2.24, 2.45) is 17.2 Å². The Kier molecular flexibility index (Phi) is 7.31. The summed E-state index contributed by atoms with van der Waals surface area (Å²) >= 11 is 0. The average molecular weight is 499 g/mol. The van der Waals surface area contributed by atoms with Crippen molar-refractivity contribution in [3.05, 3.63) is 106 Å². The van der Waals surface area contributed by atoms with Crippen LogP contribution in [0.3, 0.4) is 0 Å². The molecule has 3 nitrogen and oxygen atoms in total. The van der Waals surface area contributed by atoms with E-state index in [-0.39, 0.29) is 23.1 Å². The van der Waals surface area contributed by atoms with Crippen LogP contribution in [0.15, 0.2) is 60.7 Å². The lowest BCUT2D eigenvalue weighted by molar-refractivity contribution is -0.140. The molecule has 6 N–H and O–H groups in total. The molecular formula is C25H24F7N3. The molecule has 3 atom stereocenters. The van der Waals surface area contributed by atoms with Gasteiger partial charge in [0.1, 0.15) is 23.3 Å². The minimum Gasteiger partial charge on any atom is -0.329 e. The molecule has 3 aromatic rings. The lowest BCUT2D eigenvalue weighted by Crippen LogP contribution is -2.66. The third-order valence-electron chi connectivity index (χ3n) is 6.55. The topological polar surface area (TPSA) is 78.1 Å².